The second-order valence-electron chi connectivity index (χ2n) is 4.72. The number of hydrogen-bond donors (Lipinski definition) is 1. The lowest BCUT2D eigenvalue weighted by Crippen LogP contribution is -2.36. The van der Waals surface area contributed by atoms with Crippen LogP contribution in [-0.4, -0.2) is 9.93 Å². The molecule has 0 saturated heterocycles. The maximum absolute atomic E-state index is 10.3. The first-order valence-electron chi connectivity index (χ1n) is 5.70. The van der Waals surface area contributed by atoms with Gasteiger partial charge in [-0.25, -0.2) is 0 Å². The highest BCUT2D eigenvalue weighted by Gasteiger charge is 2.42. The first kappa shape index (κ1) is 9.86. The molecule has 0 amide bonds. The van der Waals surface area contributed by atoms with Crippen LogP contribution in [0.3, 0.4) is 0 Å². The van der Waals surface area contributed by atoms with E-state index in [0.717, 1.165) is 6.42 Å². The van der Waals surface area contributed by atoms with E-state index in [1.165, 1.54) is 24.0 Å². The number of aliphatic hydroxyl groups is 1. The van der Waals surface area contributed by atoms with Gasteiger partial charge in [-0.15, -0.1) is 0 Å². The van der Waals surface area contributed by atoms with Crippen LogP contribution in [-0.2, 0) is 0 Å². The molecule has 1 nitrogen and oxygen atoms in total. The highest BCUT2D eigenvalue weighted by Crippen LogP contribution is 2.51. The second kappa shape index (κ2) is 3.60. The van der Waals surface area contributed by atoms with E-state index in [9.17, 15) is 5.11 Å². The molecule has 2 bridgehead atoms. The molecular formula is C13H15BrO. The van der Waals surface area contributed by atoms with E-state index in [0.29, 0.717) is 16.7 Å². The molecule has 2 aliphatic rings. The largest absolute Gasteiger partial charge is 0.388 e. The summed E-state index contributed by atoms with van der Waals surface area (Å²) in [6.45, 7) is 0. The summed E-state index contributed by atoms with van der Waals surface area (Å²) in [4.78, 5) is 0.469. The van der Waals surface area contributed by atoms with Crippen LogP contribution in [0.25, 0.3) is 0 Å². The summed E-state index contributed by atoms with van der Waals surface area (Å²) in [5.41, 5.74) is 2.53. The van der Waals surface area contributed by atoms with Crippen LogP contribution in [0.15, 0.2) is 24.3 Å². The van der Waals surface area contributed by atoms with Crippen molar-refractivity contribution in [3.8, 4) is 0 Å². The Morgan fingerprint density at radius 3 is 2.67 bits per heavy atom. The topological polar surface area (TPSA) is 20.2 Å². The quantitative estimate of drug-likeness (QED) is 0.714. The predicted octanol–water partition coefficient (Wildman–Crippen LogP) is 3.38. The van der Waals surface area contributed by atoms with Crippen LogP contribution >= 0.6 is 15.9 Å². The minimum Gasteiger partial charge on any atom is -0.388 e. The van der Waals surface area contributed by atoms with Crippen LogP contribution in [0.2, 0.25) is 0 Å². The van der Waals surface area contributed by atoms with Gasteiger partial charge in [-0.05, 0) is 29.9 Å². The molecule has 0 unspecified atom stereocenters. The minimum atomic E-state index is -0.262. The van der Waals surface area contributed by atoms with Gasteiger partial charge in [0.1, 0.15) is 0 Å². The average Bonchev–Trinajstić information content (AvgIpc) is 2.26. The lowest BCUT2D eigenvalue weighted by Gasteiger charge is -2.43. The Bertz CT molecular complexity index is 377. The molecule has 3 rings (SSSR count). The normalized spacial score (nSPS) is 38.5. The molecule has 0 radical (unpaired) electrons. The fourth-order valence-electron chi connectivity index (χ4n) is 3.20. The number of alkyl halides is 1. The van der Waals surface area contributed by atoms with Crippen molar-refractivity contribution in [2.45, 2.75) is 36.1 Å². The Labute approximate surface area is 98.6 Å². The summed E-state index contributed by atoms with van der Waals surface area (Å²) < 4.78 is 0. The zero-order valence-electron chi connectivity index (χ0n) is 8.57. The van der Waals surface area contributed by atoms with Gasteiger partial charge in [0, 0.05) is 10.7 Å². The SMILES string of the molecule is O[C@@H]1c2ccccc2[C@@H]2CCC[C@H]1[C@@H]2Br. The predicted molar refractivity (Wildman–Crippen MR) is 64.2 cm³/mol. The second-order valence-corrected chi connectivity index (χ2v) is 5.78. The van der Waals surface area contributed by atoms with Gasteiger partial charge in [-0.2, -0.15) is 0 Å². The number of fused-ring (bicyclic) bond motifs is 4. The Balaban J connectivity index is 2.14. The van der Waals surface area contributed by atoms with Gasteiger partial charge in [0.2, 0.25) is 0 Å². The Morgan fingerprint density at radius 2 is 1.87 bits per heavy atom. The van der Waals surface area contributed by atoms with Crippen LogP contribution in [0.1, 0.15) is 42.4 Å². The van der Waals surface area contributed by atoms with Crippen LogP contribution in [0.5, 0.6) is 0 Å². The smallest absolute Gasteiger partial charge is 0.0831 e. The first-order valence-corrected chi connectivity index (χ1v) is 6.61. The average molecular weight is 267 g/mol. The zero-order valence-corrected chi connectivity index (χ0v) is 10.2. The van der Waals surface area contributed by atoms with E-state index >= 15 is 0 Å². The summed E-state index contributed by atoms with van der Waals surface area (Å²) >= 11 is 3.78. The van der Waals surface area contributed by atoms with Gasteiger partial charge in [0.05, 0.1) is 6.10 Å². The first-order chi connectivity index (χ1) is 7.29. The highest BCUT2D eigenvalue weighted by molar-refractivity contribution is 9.09. The molecule has 1 saturated carbocycles. The van der Waals surface area contributed by atoms with E-state index in [1.807, 2.05) is 6.07 Å². The maximum atomic E-state index is 10.3. The van der Waals surface area contributed by atoms with Crippen LogP contribution in [0.4, 0.5) is 0 Å². The molecule has 80 valence electrons. The van der Waals surface area contributed by atoms with Gasteiger partial charge in [-0.1, -0.05) is 46.6 Å². The van der Waals surface area contributed by atoms with Gasteiger partial charge in [0.25, 0.3) is 0 Å². The van der Waals surface area contributed by atoms with Crippen molar-refractivity contribution in [1.29, 1.82) is 0 Å². The molecule has 2 aliphatic carbocycles. The van der Waals surface area contributed by atoms with E-state index in [4.69, 9.17) is 0 Å². The van der Waals surface area contributed by atoms with Crippen molar-refractivity contribution in [3.63, 3.8) is 0 Å². The molecule has 15 heavy (non-hydrogen) atoms. The molecule has 1 fully saturated rings. The third-order valence-electron chi connectivity index (χ3n) is 3.97. The van der Waals surface area contributed by atoms with E-state index in [1.54, 1.807) is 0 Å². The van der Waals surface area contributed by atoms with Crippen molar-refractivity contribution in [2.75, 3.05) is 0 Å². The third kappa shape index (κ3) is 1.38. The number of hydrogen-bond acceptors (Lipinski definition) is 1. The number of benzene rings is 1. The Kier molecular flexibility index (Phi) is 2.37. The summed E-state index contributed by atoms with van der Waals surface area (Å²) in [5, 5.41) is 10.3. The number of rotatable bonds is 0. The Hall–Kier alpha value is -0.340. The molecule has 1 N–H and O–H groups in total. The van der Waals surface area contributed by atoms with Crippen molar-refractivity contribution in [3.05, 3.63) is 35.4 Å². The van der Waals surface area contributed by atoms with Crippen molar-refractivity contribution >= 4 is 15.9 Å². The van der Waals surface area contributed by atoms with Gasteiger partial charge in [0.15, 0.2) is 0 Å². The fourth-order valence-corrected chi connectivity index (χ4v) is 4.30. The molecule has 1 aromatic carbocycles. The van der Waals surface area contributed by atoms with Gasteiger partial charge in [-0.3, -0.25) is 0 Å². The fraction of sp³-hybridized carbons (Fsp3) is 0.538. The molecule has 2 heteroatoms. The molecule has 0 aliphatic heterocycles. The summed E-state index contributed by atoms with van der Waals surface area (Å²) in [7, 11) is 0. The third-order valence-corrected chi connectivity index (χ3v) is 5.28. The maximum Gasteiger partial charge on any atom is 0.0831 e. The van der Waals surface area contributed by atoms with Crippen LogP contribution < -0.4 is 0 Å². The summed E-state index contributed by atoms with van der Waals surface area (Å²) in [6, 6.07) is 8.38. The zero-order chi connectivity index (χ0) is 10.4. The molecule has 1 aromatic rings. The van der Waals surface area contributed by atoms with Crippen LogP contribution in [0, 0.1) is 5.92 Å². The van der Waals surface area contributed by atoms with E-state index in [2.05, 4.69) is 34.1 Å². The number of aliphatic hydroxyl groups excluding tert-OH is 1. The van der Waals surface area contributed by atoms with Crippen molar-refractivity contribution in [2.24, 2.45) is 5.92 Å². The van der Waals surface area contributed by atoms with Crippen molar-refractivity contribution < 1.29 is 5.11 Å². The monoisotopic (exact) mass is 266 g/mol. The molecular weight excluding hydrogens is 252 g/mol. The van der Waals surface area contributed by atoms with E-state index < -0.39 is 0 Å². The molecule has 0 aromatic heterocycles. The lowest BCUT2D eigenvalue weighted by molar-refractivity contribution is 0.0712. The molecule has 4 atom stereocenters. The molecule has 0 heterocycles. The standard InChI is InChI=1S/C13H15BrO/c14-12-9-6-3-7-11(12)13(15)10-5-2-1-4-8(9)10/h1-2,4-5,9,11-13,15H,3,6-7H2/t9-,11-,12+,13+/m0/s1. The Morgan fingerprint density at radius 1 is 1.13 bits per heavy atom. The number of halogens is 1. The van der Waals surface area contributed by atoms with E-state index in [-0.39, 0.29) is 6.10 Å². The highest BCUT2D eigenvalue weighted by atomic mass is 79.9. The van der Waals surface area contributed by atoms with Gasteiger partial charge < -0.3 is 5.11 Å². The minimum absolute atomic E-state index is 0.262. The summed E-state index contributed by atoms with van der Waals surface area (Å²) in [6.07, 6.45) is 3.41. The van der Waals surface area contributed by atoms with Gasteiger partial charge >= 0.3 is 0 Å². The summed E-state index contributed by atoms with van der Waals surface area (Å²) in [5.74, 6) is 1.03. The lowest BCUT2D eigenvalue weighted by atomic mass is 9.68. The molecule has 0 spiro atoms. The van der Waals surface area contributed by atoms with Crippen molar-refractivity contribution in [1.82, 2.24) is 0 Å².